The predicted molar refractivity (Wildman–Crippen MR) is 89.9 cm³/mol. The molecule has 0 aliphatic carbocycles. The second kappa shape index (κ2) is 7.88. The molecule has 0 bridgehead atoms. The van der Waals surface area contributed by atoms with Crippen molar-refractivity contribution in [1.82, 2.24) is 4.90 Å². The van der Waals surface area contributed by atoms with Gasteiger partial charge in [-0.15, -0.1) is 0 Å². The molecule has 122 valence electrons. The standard InChI is InChI=1S/C17H25NO3S/c1-17(20,13-22-2)15-9-6-10-18(11-15)16(19)21-12-14-7-4-3-5-8-14/h3-5,7-8,15,20H,6,9-13H2,1-2H3/t15-,17?/m0/s1. The third kappa shape index (κ3) is 4.65. The van der Waals surface area contributed by atoms with Crippen molar-refractivity contribution < 1.29 is 14.6 Å². The Hall–Kier alpha value is -1.20. The van der Waals surface area contributed by atoms with E-state index in [2.05, 4.69) is 0 Å². The van der Waals surface area contributed by atoms with Crippen LogP contribution in [0, 0.1) is 5.92 Å². The third-order valence-electron chi connectivity index (χ3n) is 4.20. The van der Waals surface area contributed by atoms with Gasteiger partial charge in [-0.3, -0.25) is 0 Å². The molecular formula is C17H25NO3S. The topological polar surface area (TPSA) is 49.8 Å². The Bertz CT molecular complexity index is 478. The lowest BCUT2D eigenvalue weighted by atomic mass is 9.84. The van der Waals surface area contributed by atoms with Crippen LogP contribution in [0.3, 0.4) is 0 Å². The number of amides is 1. The maximum atomic E-state index is 12.2. The molecule has 1 aromatic rings. The van der Waals surface area contributed by atoms with E-state index in [-0.39, 0.29) is 12.0 Å². The Balaban J connectivity index is 1.87. The van der Waals surface area contributed by atoms with Crippen LogP contribution < -0.4 is 0 Å². The van der Waals surface area contributed by atoms with Crippen molar-refractivity contribution in [3.05, 3.63) is 35.9 Å². The number of hydrogen-bond donors (Lipinski definition) is 1. The van der Waals surface area contributed by atoms with Crippen molar-refractivity contribution in [2.24, 2.45) is 5.92 Å². The largest absolute Gasteiger partial charge is 0.445 e. The maximum absolute atomic E-state index is 12.2. The van der Waals surface area contributed by atoms with Crippen LogP contribution in [0.15, 0.2) is 30.3 Å². The first kappa shape index (κ1) is 17.2. The molecule has 1 aromatic carbocycles. The zero-order valence-corrected chi connectivity index (χ0v) is 14.1. The van der Waals surface area contributed by atoms with E-state index in [0.717, 1.165) is 18.4 Å². The van der Waals surface area contributed by atoms with Gasteiger partial charge in [-0.1, -0.05) is 30.3 Å². The van der Waals surface area contributed by atoms with Crippen LogP contribution in [0.25, 0.3) is 0 Å². The van der Waals surface area contributed by atoms with Gasteiger partial charge >= 0.3 is 6.09 Å². The first-order valence-electron chi connectivity index (χ1n) is 7.70. The zero-order valence-electron chi connectivity index (χ0n) is 13.3. The molecule has 1 fully saturated rings. The van der Waals surface area contributed by atoms with Crippen molar-refractivity contribution in [3.63, 3.8) is 0 Å². The van der Waals surface area contributed by atoms with E-state index in [9.17, 15) is 9.90 Å². The second-order valence-corrected chi connectivity index (χ2v) is 6.98. The fourth-order valence-corrected chi connectivity index (χ4v) is 3.69. The second-order valence-electron chi connectivity index (χ2n) is 6.12. The molecule has 5 heteroatoms. The summed E-state index contributed by atoms with van der Waals surface area (Å²) >= 11 is 1.63. The van der Waals surface area contributed by atoms with Crippen molar-refractivity contribution in [1.29, 1.82) is 0 Å². The first-order chi connectivity index (χ1) is 10.5. The van der Waals surface area contributed by atoms with Gasteiger partial charge in [-0.25, -0.2) is 4.79 Å². The molecule has 2 rings (SSSR count). The molecule has 2 atom stereocenters. The Morgan fingerprint density at radius 1 is 1.45 bits per heavy atom. The van der Waals surface area contributed by atoms with Gasteiger partial charge in [0.2, 0.25) is 0 Å². The molecule has 0 aromatic heterocycles. The normalized spacial score (nSPS) is 21.2. The summed E-state index contributed by atoms with van der Waals surface area (Å²) in [6, 6.07) is 9.68. The maximum Gasteiger partial charge on any atom is 0.410 e. The van der Waals surface area contributed by atoms with Crippen molar-refractivity contribution in [2.45, 2.75) is 32.0 Å². The molecule has 1 aliphatic heterocycles. The molecule has 1 amide bonds. The van der Waals surface area contributed by atoms with Crippen LogP contribution in [0.1, 0.15) is 25.3 Å². The van der Waals surface area contributed by atoms with Gasteiger partial charge in [0.15, 0.2) is 0 Å². The fraction of sp³-hybridized carbons (Fsp3) is 0.588. The van der Waals surface area contributed by atoms with E-state index in [4.69, 9.17) is 4.74 Å². The van der Waals surface area contributed by atoms with Crippen molar-refractivity contribution >= 4 is 17.9 Å². The van der Waals surface area contributed by atoms with E-state index >= 15 is 0 Å². The molecular weight excluding hydrogens is 298 g/mol. The van der Waals surface area contributed by atoms with Crippen LogP contribution in [-0.2, 0) is 11.3 Å². The summed E-state index contributed by atoms with van der Waals surface area (Å²) < 4.78 is 5.39. The lowest BCUT2D eigenvalue weighted by Gasteiger charge is -2.39. The van der Waals surface area contributed by atoms with Gasteiger partial charge in [-0.2, -0.15) is 11.8 Å². The average molecular weight is 323 g/mol. The molecule has 1 unspecified atom stereocenters. The Labute approximate surface area is 136 Å². The van der Waals surface area contributed by atoms with Gasteiger partial charge in [0.25, 0.3) is 0 Å². The summed E-state index contributed by atoms with van der Waals surface area (Å²) in [4.78, 5) is 13.9. The van der Waals surface area contributed by atoms with Gasteiger partial charge < -0.3 is 14.7 Å². The highest BCUT2D eigenvalue weighted by Crippen LogP contribution is 2.29. The number of thioether (sulfide) groups is 1. The van der Waals surface area contributed by atoms with Crippen LogP contribution in [0.2, 0.25) is 0 Å². The smallest absolute Gasteiger partial charge is 0.410 e. The number of nitrogens with zero attached hydrogens (tertiary/aromatic N) is 1. The van der Waals surface area contributed by atoms with Crippen LogP contribution in [-0.4, -0.2) is 46.8 Å². The number of carbonyl (C=O) groups excluding carboxylic acids is 1. The molecule has 1 N–H and O–H groups in total. The summed E-state index contributed by atoms with van der Waals surface area (Å²) in [5.41, 5.74) is 0.247. The SMILES string of the molecule is CSCC(C)(O)[C@H]1CCCN(C(=O)OCc2ccccc2)C1. The van der Waals surface area contributed by atoms with Gasteiger partial charge in [0.1, 0.15) is 6.61 Å². The number of ether oxygens (including phenoxy) is 1. The highest BCUT2D eigenvalue weighted by atomic mass is 32.2. The minimum atomic E-state index is -0.738. The summed E-state index contributed by atoms with van der Waals surface area (Å²) in [5, 5.41) is 10.5. The Morgan fingerprint density at radius 2 is 2.18 bits per heavy atom. The summed E-state index contributed by atoms with van der Waals surface area (Å²) in [5.74, 6) is 0.794. The number of hydrogen-bond acceptors (Lipinski definition) is 4. The van der Waals surface area contributed by atoms with Crippen molar-refractivity contribution in [3.8, 4) is 0 Å². The third-order valence-corrected chi connectivity index (χ3v) is 5.07. The van der Waals surface area contributed by atoms with Gasteiger partial charge in [-0.05, 0) is 31.6 Å². The molecule has 1 saturated heterocycles. The molecule has 0 spiro atoms. The van der Waals surface area contributed by atoms with E-state index in [1.165, 1.54) is 0 Å². The zero-order chi connectivity index (χ0) is 16.0. The summed E-state index contributed by atoms with van der Waals surface area (Å²) in [6.07, 6.45) is 3.57. The Kier molecular flexibility index (Phi) is 6.15. The Morgan fingerprint density at radius 3 is 2.86 bits per heavy atom. The molecule has 1 heterocycles. The first-order valence-corrected chi connectivity index (χ1v) is 9.09. The monoisotopic (exact) mass is 323 g/mol. The number of likely N-dealkylation sites (tertiary alicyclic amines) is 1. The molecule has 1 aliphatic rings. The highest BCUT2D eigenvalue weighted by molar-refractivity contribution is 7.98. The van der Waals surface area contributed by atoms with E-state index in [0.29, 0.717) is 25.4 Å². The molecule has 4 nitrogen and oxygen atoms in total. The van der Waals surface area contributed by atoms with Crippen molar-refractivity contribution in [2.75, 3.05) is 25.1 Å². The van der Waals surface area contributed by atoms with Crippen LogP contribution in [0.4, 0.5) is 4.79 Å². The number of benzene rings is 1. The number of aliphatic hydroxyl groups is 1. The van der Waals surface area contributed by atoms with Gasteiger partial charge in [0.05, 0.1) is 5.60 Å². The average Bonchev–Trinajstić information content (AvgIpc) is 2.53. The highest BCUT2D eigenvalue weighted by Gasteiger charge is 2.36. The molecule has 0 saturated carbocycles. The fourth-order valence-electron chi connectivity index (χ4n) is 2.87. The van der Waals surface area contributed by atoms with E-state index in [1.807, 2.05) is 43.5 Å². The lowest BCUT2D eigenvalue weighted by molar-refractivity contribution is -0.0147. The van der Waals surface area contributed by atoms with E-state index in [1.54, 1.807) is 16.7 Å². The van der Waals surface area contributed by atoms with E-state index < -0.39 is 5.60 Å². The van der Waals surface area contributed by atoms with Gasteiger partial charge in [0, 0.05) is 24.8 Å². The minimum absolute atomic E-state index is 0.109. The number of rotatable bonds is 5. The molecule has 0 radical (unpaired) electrons. The summed E-state index contributed by atoms with van der Waals surface area (Å²) in [7, 11) is 0. The predicted octanol–water partition coefficient (Wildman–Crippen LogP) is 3.15. The number of piperidine rings is 1. The van der Waals surface area contributed by atoms with Crippen LogP contribution in [0.5, 0.6) is 0 Å². The summed E-state index contributed by atoms with van der Waals surface area (Å²) in [6.45, 7) is 3.44. The lowest BCUT2D eigenvalue weighted by Crippen LogP contribution is -2.49. The van der Waals surface area contributed by atoms with Crippen LogP contribution >= 0.6 is 11.8 Å². The number of carbonyl (C=O) groups is 1. The quantitative estimate of drug-likeness (QED) is 0.904. The minimum Gasteiger partial charge on any atom is -0.445 e. The molecule has 22 heavy (non-hydrogen) atoms.